The predicted molar refractivity (Wildman–Crippen MR) is 331 cm³/mol. The van der Waals surface area contributed by atoms with Crippen molar-refractivity contribution in [2.24, 2.45) is 0 Å². The fourth-order valence-electron chi connectivity index (χ4n) is 15.0. The maximum absolute atomic E-state index is 2.65. The first-order valence-corrected chi connectivity index (χ1v) is 27.0. The van der Waals surface area contributed by atoms with E-state index in [-0.39, 0.29) is 6.71 Å². The maximum Gasteiger partial charge on any atom is 0.252 e. The van der Waals surface area contributed by atoms with Crippen molar-refractivity contribution in [1.82, 2.24) is 9.13 Å². The molecule has 17 aromatic rings. The van der Waals surface area contributed by atoms with E-state index in [1.165, 1.54) is 180 Å². The van der Waals surface area contributed by atoms with Gasteiger partial charge in [-0.25, -0.2) is 0 Å². The molecule has 0 amide bonds. The summed E-state index contributed by atoms with van der Waals surface area (Å²) in [4.78, 5) is 0. The fraction of sp³-hybridized carbons (Fsp3) is 0. The van der Waals surface area contributed by atoms with Gasteiger partial charge in [-0.3, -0.25) is 0 Å². The summed E-state index contributed by atoms with van der Waals surface area (Å²) in [5, 5.41) is 25.8. The lowest BCUT2D eigenvalue weighted by Gasteiger charge is -2.34. The molecule has 2 aliphatic rings. The predicted octanol–water partition coefficient (Wildman–Crippen LogP) is 17.6. The molecule has 19 rings (SSSR count). The summed E-state index contributed by atoms with van der Waals surface area (Å²) in [6.45, 7) is -0.0707. The average Bonchev–Trinajstić information content (AvgIpc) is 4.25. The Balaban J connectivity index is 1.02. The number of hydrogen-bond acceptors (Lipinski definition) is 0. The lowest BCUT2D eigenvalue weighted by molar-refractivity contribution is 1.14. The number of rotatable bonds is 2. The highest BCUT2D eigenvalue weighted by Gasteiger charge is 2.42. The minimum absolute atomic E-state index is 0.0707. The van der Waals surface area contributed by atoms with Gasteiger partial charge in [0.15, 0.2) is 0 Å². The van der Waals surface area contributed by atoms with E-state index in [9.17, 15) is 0 Å². The molecule has 0 N–H and O–H groups in total. The smallest absolute Gasteiger partial charge is 0.252 e. The molecule has 0 spiro atoms. The largest absolute Gasteiger partial charge is 0.310 e. The van der Waals surface area contributed by atoms with Crippen molar-refractivity contribution in [3.05, 3.63) is 249 Å². The van der Waals surface area contributed by atoms with E-state index >= 15 is 0 Å². The zero-order valence-electron chi connectivity index (χ0n) is 41.6. The second-order valence-electron chi connectivity index (χ2n) is 21.8. The Morgan fingerprint density at radius 2 is 0.675 bits per heavy atom. The second kappa shape index (κ2) is 14.5. The van der Waals surface area contributed by atoms with Crippen LogP contribution in [0, 0.1) is 0 Å². The van der Waals surface area contributed by atoms with Gasteiger partial charge in [0, 0.05) is 49.2 Å². The van der Waals surface area contributed by atoms with Gasteiger partial charge < -0.3 is 9.13 Å². The first kappa shape index (κ1) is 40.4. The van der Waals surface area contributed by atoms with E-state index in [0.29, 0.717) is 0 Å². The van der Waals surface area contributed by atoms with E-state index in [0.717, 1.165) is 0 Å². The third kappa shape index (κ3) is 5.12. The number of hydrogen-bond donors (Lipinski definition) is 0. The highest BCUT2D eigenvalue weighted by molar-refractivity contribution is 7.00. The molecule has 2 aromatic heterocycles. The Morgan fingerprint density at radius 3 is 1.30 bits per heavy atom. The summed E-state index contributed by atoms with van der Waals surface area (Å²) in [5.74, 6) is 0. The third-order valence-corrected chi connectivity index (χ3v) is 18.1. The summed E-state index contributed by atoms with van der Waals surface area (Å²) < 4.78 is 5.30. The van der Waals surface area contributed by atoms with Crippen molar-refractivity contribution in [1.29, 1.82) is 0 Å². The van der Waals surface area contributed by atoms with Gasteiger partial charge in [-0.2, -0.15) is 0 Å². The molecule has 0 saturated heterocycles. The van der Waals surface area contributed by atoms with Crippen LogP contribution in [0.1, 0.15) is 0 Å². The molecule has 2 nitrogen and oxygen atoms in total. The minimum Gasteiger partial charge on any atom is -0.310 e. The van der Waals surface area contributed by atoms with Gasteiger partial charge in [0.25, 0.3) is 6.71 Å². The van der Waals surface area contributed by atoms with Crippen LogP contribution in [0.15, 0.2) is 249 Å². The zero-order chi connectivity index (χ0) is 49.8. The van der Waals surface area contributed by atoms with Crippen LogP contribution in [0.5, 0.6) is 0 Å². The Hall–Kier alpha value is -9.96. The number of aromatic nitrogens is 2. The number of nitrogens with zero attached hydrogens (tertiary/aromatic N) is 2. The highest BCUT2D eigenvalue weighted by atomic mass is 15.0. The van der Waals surface area contributed by atoms with Crippen LogP contribution in [0.4, 0.5) is 0 Å². The standard InChI is InChI=1S/C74H41BN2/c1-3-16-44-36-46(30-28-42(44)14-1)48-32-34-64-60(38-48)71-69-57-25-12-10-21-53(57)51-19-6-8-23-55(51)59(69)41-63-74(71)76(64)66-26-13-27-67-72(66)75(63)62-40-49(47-31-29-43-15-2-4-17-45(43)37-47)39-61-70-65(77(67)73(61)62)35-33-58-54-22-7-5-18-50(54)52-20-9-11-24-56(52)68(58)70/h1-41H. The summed E-state index contributed by atoms with van der Waals surface area (Å²) in [7, 11) is 0. The molecule has 0 fully saturated rings. The molecule has 0 aliphatic carbocycles. The molecule has 0 radical (unpaired) electrons. The van der Waals surface area contributed by atoms with Gasteiger partial charge >= 0.3 is 0 Å². The lowest BCUT2D eigenvalue weighted by atomic mass is 9.34. The first-order chi connectivity index (χ1) is 38.2. The second-order valence-corrected chi connectivity index (χ2v) is 21.8. The fourth-order valence-corrected chi connectivity index (χ4v) is 15.0. The van der Waals surface area contributed by atoms with Crippen LogP contribution in [-0.4, -0.2) is 15.8 Å². The van der Waals surface area contributed by atoms with Crippen LogP contribution >= 0.6 is 0 Å². The molecule has 3 heteroatoms. The van der Waals surface area contributed by atoms with Gasteiger partial charge in [0.05, 0.1) is 16.6 Å². The van der Waals surface area contributed by atoms with Gasteiger partial charge in [-0.1, -0.05) is 200 Å². The van der Waals surface area contributed by atoms with Gasteiger partial charge in [0.2, 0.25) is 0 Å². The zero-order valence-corrected chi connectivity index (χ0v) is 41.6. The van der Waals surface area contributed by atoms with Gasteiger partial charge in [-0.05, 0) is 163 Å². The molecule has 15 aromatic carbocycles. The van der Waals surface area contributed by atoms with Gasteiger partial charge in [0.1, 0.15) is 0 Å². The minimum atomic E-state index is -0.0707. The number of fused-ring (bicyclic) bond motifs is 26. The first-order valence-electron chi connectivity index (χ1n) is 27.0. The van der Waals surface area contributed by atoms with E-state index in [4.69, 9.17) is 0 Å². The lowest BCUT2D eigenvalue weighted by Crippen LogP contribution is -2.59. The Bertz CT molecular complexity index is 5560. The molecular formula is C74H41BN2. The molecular weight excluding hydrogens is 928 g/mol. The summed E-state index contributed by atoms with van der Waals surface area (Å²) in [6.07, 6.45) is 0. The van der Waals surface area contributed by atoms with E-state index in [1.54, 1.807) is 0 Å². The maximum atomic E-state index is 2.65. The van der Waals surface area contributed by atoms with E-state index in [2.05, 4.69) is 258 Å². The quantitative estimate of drug-likeness (QED) is 0.121. The third-order valence-electron chi connectivity index (χ3n) is 18.1. The summed E-state index contributed by atoms with van der Waals surface area (Å²) in [5.41, 5.74) is 16.5. The molecule has 77 heavy (non-hydrogen) atoms. The SMILES string of the molecule is c1cc2c3c(c1)-n1c4ccc(-c5ccc6ccccc6c5)cc4c4c5c6ccccc6c6ccccc6c5cc(c41)B3c1cc(-c3ccc4ccccc4c3)cc3c4c5c6ccccc6c6ccccc6c5ccc4n-2c13. The van der Waals surface area contributed by atoms with Crippen LogP contribution < -0.4 is 16.4 Å². The van der Waals surface area contributed by atoms with Crippen molar-refractivity contribution in [2.75, 3.05) is 0 Å². The van der Waals surface area contributed by atoms with Crippen molar-refractivity contribution in [3.8, 4) is 33.6 Å². The van der Waals surface area contributed by atoms with E-state index in [1.807, 2.05) is 0 Å². The molecule has 0 saturated carbocycles. The molecule has 4 heterocycles. The molecule has 0 bridgehead atoms. The molecule has 2 aliphatic heterocycles. The van der Waals surface area contributed by atoms with Crippen LogP contribution in [0.25, 0.3) is 163 Å². The molecule has 0 atom stereocenters. The normalized spacial score (nSPS) is 12.9. The van der Waals surface area contributed by atoms with Crippen molar-refractivity contribution in [3.63, 3.8) is 0 Å². The van der Waals surface area contributed by atoms with Crippen molar-refractivity contribution >= 4 is 153 Å². The average molecular weight is 969 g/mol. The Kier molecular flexibility index (Phi) is 7.59. The highest BCUT2D eigenvalue weighted by Crippen LogP contribution is 2.49. The number of benzene rings is 15. The van der Waals surface area contributed by atoms with Crippen molar-refractivity contribution < 1.29 is 0 Å². The monoisotopic (exact) mass is 968 g/mol. The topological polar surface area (TPSA) is 9.86 Å². The molecule has 350 valence electrons. The van der Waals surface area contributed by atoms with E-state index < -0.39 is 0 Å². The van der Waals surface area contributed by atoms with Crippen LogP contribution in [0.2, 0.25) is 0 Å². The van der Waals surface area contributed by atoms with Crippen molar-refractivity contribution in [2.45, 2.75) is 0 Å². The van der Waals surface area contributed by atoms with Crippen LogP contribution in [-0.2, 0) is 0 Å². The van der Waals surface area contributed by atoms with Crippen LogP contribution in [0.3, 0.4) is 0 Å². The summed E-state index contributed by atoms with van der Waals surface area (Å²) in [6, 6.07) is 94.8. The van der Waals surface area contributed by atoms with Gasteiger partial charge in [-0.15, -0.1) is 0 Å². The Morgan fingerprint density at radius 1 is 0.234 bits per heavy atom. The summed E-state index contributed by atoms with van der Waals surface area (Å²) >= 11 is 0. The molecule has 0 unspecified atom stereocenters. The Labute approximate surface area is 441 Å².